The van der Waals surface area contributed by atoms with Crippen LogP contribution in [0.5, 0.6) is 0 Å². The van der Waals surface area contributed by atoms with Crippen molar-refractivity contribution in [2.24, 2.45) is 0 Å². The van der Waals surface area contributed by atoms with Gasteiger partial charge in [0.2, 0.25) is 0 Å². The first kappa shape index (κ1) is 9.21. The zero-order chi connectivity index (χ0) is 11.0. The van der Waals surface area contributed by atoms with Crippen molar-refractivity contribution in [3.63, 3.8) is 0 Å². The molecule has 16 heavy (non-hydrogen) atoms. The number of benzene rings is 1. The number of carbonyl (C=O) groups is 1. The van der Waals surface area contributed by atoms with Crippen LogP contribution in [0.4, 0.5) is 0 Å². The van der Waals surface area contributed by atoms with E-state index in [-0.39, 0.29) is 5.78 Å². The van der Waals surface area contributed by atoms with Crippen LogP contribution in [0.15, 0.2) is 36.9 Å². The van der Waals surface area contributed by atoms with Crippen molar-refractivity contribution >= 4 is 5.78 Å². The van der Waals surface area contributed by atoms with Gasteiger partial charge in [-0.25, -0.2) is 9.97 Å². The van der Waals surface area contributed by atoms with Crippen molar-refractivity contribution in [3.05, 3.63) is 48.0 Å². The largest absolute Gasteiger partial charge is 0.294 e. The quantitative estimate of drug-likeness (QED) is 0.725. The third-order valence-electron chi connectivity index (χ3n) is 2.93. The molecule has 0 spiro atoms. The number of aromatic nitrogens is 2. The molecule has 3 heteroatoms. The summed E-state index contributed by atoms with van der Waals surface area (Å²) in [7, 11) is 0. The molecule has 0 aliphatic heterocycles. The first-order valence-electron chi connectivity index (χ1n) is 5.26. The molecule has 0 amide bonds. The standard InChI is InChI=1S/C13H10N2O/c16-13-4-3-9-1-2-10(5-12(9)13)11-6-14-8-15-7-11/h1-2,5-8H,3-4H2. The van der Waals surface area contributed by atoms with Crippen LogP contribution in [0.1, 0.15) is 22.3 Å². The lowest BCUT2D eigenvalue weighted by molar-refractivity contribution is 0.0994. The zero-order valence-electron chi connectivity index (χ0n) is 8.68. The highest BCUT2D eigenvalue weighted by Gasteiger charge is 2.19. The maximum atomic E-state index is 11.6. The Morgan fingerprint density at radius 3 is 2.62 bits per heavy atom. The lowest BCUT2D eigenvalue weighted by Crippen LogP contribution is -1.92. The van der Waals surface area contributed by atoms with E-state index in [1.807, 2.05) is 18.2 Å². The van der Waals surface area contributed by atoms with Gasteiger partial charge in [-0.05, 0) is 23.6 Å². The van der Waals surface area contributed by atoms with Gasteiger partial charge in [0.05, 0.1) is 0 Å². The number of hydrogen-bond acceptors (Lipinski definition) is 3. The molecule has 1 aromatic heterocycles. The molecule has 1 aliphatic rings. The smallest absolute Gasteiger partial charge is 0.163 e. The molecule has 3 nitrogen and oxygen atoms in total. The lowest BCUT2D eigenvalue weighted by Gasteiger charge is -2.03. The van der Waals surface area contributed by atoms with E-state index in [1.165, 1.54) is 6.33 Å². The maximum absolute atomic E-state index is 11.6. The first-order valence-corrected chi connectivity index (χ1v) is 5.26. The predicted octanol–water partition coefficient (Wildman–Crippen LogP) is 2.27. The van der Waals surface area contributed by atoms with Crippen LogP contribution >= 0.6 is 0 Å². The highest BCUT2D eigenvalue weighted by Crippen LogP contribution is 2.27. The number of nitrogens with zero attached hydrogens (tertiary/aromatic N) is 2. The molecule has 0 saturated carbocycles. The number of rotatable bonds is 1. The second-order valence-corrected chi connectivity index (χ2v) is 3.92. The number of aryl methyl sites for hydroxylation is 1. The second-order valence-electron chi connectivity index (χ2n) is 3.92. The van der Waals surface area contributed by atoms with Gasteiger partial charge in [-0.3, -0.25) is 4.79 Å². The summed E-state index contributed by atoms with van der Waals surface area (Å²) >= 11 is 0. The van der Waals surface area contributed by atoms with Gasteiger partial charge in [-0.1, -0.05) is 12.1 Å². The maximum Gasteiger partial charge on any atom is 0.163 e. The molecule has 0 atom stereocenters. The van der Waals surface area contributed by atoms with Gasteiger partial charge < -0.3 is 0 Å². The van der Waals surface area contributed by atoms with E-state index in [0.29, 0.717) is 6.42 Å². The normalized spacial score (nSPS) is 13.9. The minimum absolute atomic E-state index is 0.244. The van der Waals surface area contributed by atoms with E-state index in [1.54, 1.807) is 12.4 Å². The molecule has 0 fully saturated rings. The number of fused-ring (bicyclic) bond motifs is 1. The van der Waals surface area contributed by atoms with Crippen molar-refractivity contribution in [3.8, 4) is 11.1 Å². The third kappa shape index (κ3) is 1.41. The van der Waals surface area contributed by atoms with Crippen LogP contribution in [0.2, 0.25) is 0 Å². The van der Waals surface area contributed by atoms with Crippen molar-refractivity contribution < 1.29 is 4.79 Å². The molecule has 0 N–H and O–H groups in total. The fourth-order valence-corrected chi connectivity index (χ4v) is 2.06. The highest BCUT2D eigenvalue weighted by molar-refractivity contribution is 6.01. The van der Waals surface area contributed by atoms with Crippen molar-refractivity contribution in [2.75, 3.05) is 0 Å². The van der Waals surface area contributed by atoms with Crippen LogP contribution in [0.25, 0.3) is 11.1 Å². The minimum atomic E-state index is 0.244. The van der Waals surface area contributed by atoms with E-state index in [2.05, 4.69) is 9.97 Å². The topological polar surface area (TPSA) is 42.9 Å². The van der Waals surface area contributed by atoms with Crippen molar-refractivity contribution in [1.29, 1.82) is 0 Å². The van der Waals surface area contributed by atoms with Crippen LogP contribution in [0, 0.1) is 0 Å². The summed E-state index contributed by atoms with van der Waals surface area (Å²) in [6.07, 6.45) is 6.54. The molecule has 2 aromatic rings. The van der Waals surface area contributed by atoms with Gasteiger partial charge in [0.1, 0.15) is 6.33 Å². The lowest BCUT2D eigenvalue weighted by atomic mass is 10.0. The number of hydrogen-bond donors (Lipinski definition) is 0. The Morgan fingerprint density at radius 2 is 1.81 bits per heavy atom. The Kier molecular flexibility index (Phi) is 2.03. The minimum Gasteiger partial charge on any atom is -0.294 e. The Hall–Kier alpha value is -2.03. The van der Waals surface area contributed by atoms with Gasteiger partial charge in [0, 0.05) is 29.9 Å². The molecule has 3 rings (SSSR count). The van der Waals surface area contributed by atoms with Gasteiger partial charge in [0.25, 0.3) is 0 Å². The van der Waals surface area contributed by atoms with E-state index in [0.717, 1.165) is 28.7 Å². The van der Waals surface area contributed by atoms with Gasteiger partial charge in [0.15, 0.2) is 5.78 Å². The molecular formula is C13H10N2O. The molecule has 0 bridgehead atoms. The summed E-state index contributed by atoms with van der Waals surface area (Å²) in [5.41, 5.74) is 3.98. The third-order valence-corrected chi connectivity index (χ3v) is 2.93. The van der Waals surface area contributed by atoms with E-state index >= 15 is 0 Å². The molecule has 0 unspecified atom stereocenters. The van der Waals surface area contributed by atoms with E-state index < -0.39 is 0 Å². The molecular weight excluding hydrogens is 200 g/mol. The van der Waals surface area contributed by atoms with Crippen LogP contribution in [-0.4, -0.2) is 15.8 Å². The van der Waals surface area contributed by atoms with Crippen LogP contribution in [0.3, 0.4) is 0 Å². The van der Waals surface area contributed by atoms with Crippen LogP contribution in [-0.2, 0) is 6.42 Å². The molecule has 0 radical (unpaired) electrons. The summed E-state index contributed by atoms with van der Waals surface area (Å²) in [4.78, 5) is 19.6. The molecule has 0 saturated heterocycles. The van der Waals surface area contributed by atoms with Crippen molar-refractivity contribution in [2.45, 2.75) is 12.8 Å². The summed E-state index contributed by atoms with van der Waals surface area (Å²) in [6, 6.07) is 6.00. The number of carbonyl (C=O) groups excluding carboxylic acids is 1. The summed E-state index contributed by atoms with van der Waals surface area (Å²) in [6.45, 7) is 0. The Labute approximate surface area is 93.2 Å². The fourth-order valence-electron chi connectivity index (χ4n) is 2.06. The van der Waals surface area contributed by atoms with Gasteiger partial charge >= 0.3 is 0 Å². The van der Waals surface area contributed by atoms with Crippen molar-refractivity contribution in [1.82, 2.24) is 9.97 Å². The fraction of sp³-hybridized carbons (Fsp3) is 0.154. The van der Waals surface area contributed by atoms with E-state index in [9.17, 15) is 4.79 Å². The van der Waals surface area contributed by atoms with Gasteiger partial charge in [-0.2, -0.15) is 0 Å². The Bertz CT molecular complexity index is 549. The average Bonchev–Trinajstić information content (AvgIpc) is 2.72. The number of Topliss-reactive ketones (excluding diaryl/α,β-unsaturated/α-hetero) is 1. The zero-order valence-corrected chi connectivity index (χ0v) is 8.68. The first-order chi connectivity index (χ1) is 7.84. The molecule has 1 aromatic carbocycles. The summed E-state index contributed by atoms with van der Waals surface area (Å²) in [5.74, 6) is 0.244. The second kappa shape index (κ2) is 3.52. The monoisotopic (exact) mass is 210 g/mol. The van der Waals surface area contributed by atoms with Gasteiger partial charge in [-0.15, -0.1) is 0 Å². The Morgan fingerprint density at radius 1 is 1.00 bits per heavy atom. The average molecular weight is 210 g/mol. The highest BCUT2D eigenvalue weighted by atomic mass is 16.1. The van der Waals surface area contributed by atoms with Crippen LogP contribution < -0.4 is 0 Å². The SMILES string of the molecule is O=C1CCc2ccc(-c3cncnc3)cc21. The Balaban J connectivity index is 2.11. The summed E-state index contributed by atoms with van der Waals surface area (Å²) < 4.78 is 0. The summed E-state index contributed by atoms with van der Waals surface area (Å²) in [5, 5.41) is 0. The molecule has 1 heterocycles. The number of ketones is 1. The predicted molar refractivity (Wildman–Crippen MR) is 60.1 cm³/mol. The molecule has 1 aliphatic carbocycles. The molecule has 78 valence electrons. The van der Waals surface area contributed by atoms with E-state index in [4.69, 9.17) is 0 Å².